The summed E-state index contributed by atoms with van der Waals surface area (Å²) >= 11 is 3.40. The van der Waals surface area contributed by atoms with Gasteiger partial charge in [0.05, 0.1) is 12.2 Å². The molecule has 0 fully saturated rings. The fraction of sp³-hybridized carbons (Fsp3) is 0.231. The van der Waals surface area contributed by atoms with Crippen LogP contribution in [0.4, 0.5) is 0 Å². The van der Waals surface area contributed by atoms with Gasteiger partial charge in [-0.3, -0.25) is 0 Å². The molecule has 3 rings (SSSR count). The second kappa shape index (κ2) is 5.16. The van der Waals surface area contributed by atoms with E-state index in [1.807, 2.05) is 38.1 Å². The minimum atomic E-state index is 0.505. The van der Waals surface area contributed by atoms with Crippen LogP contribution in [0.15, 0.2) is 33.3 Å². The highest BCUT2D eigenvalue weighted by molar-refractivity contribution is 9.10. The molecule has 2 aromatic heterocycles. The van der Waals surface area contributed by atoms with Crippen molar-refractivity contribution in [1.29, 1.82) is 0 Å². The molecule has 102 valence electrons. The summed E-state index contributed by atoms with van der Waals surface area (Å²) in [5.74, 6) is 1.38. The van der Waals surface area contributed by atoms with Gasteiger partial charge in [0.2, 0.25) is 5.82 Å². The number of rotatable bonds is 3. The molecule has 0 spiro atoms. The van der Waals surface area contributed by atoms with Crippen LogP contribution in [0.5, 0.6) is 0 Å². The molecular weight excluding hydrogens is 322 g/mol. The standard InChI is InChI=1S/C13H12BrN5O/c1-8-12(9(2)20-17-8)7-19-16-13(15-18-19)10-3-5-11(14)6-4-10/h3-6H,7H2,1-2H3. The fourth-order valence-corrected chi connectivity index (χ4v) is 2.16. The molecule has 7 heteroatoms. The second-order valence-electron chi connectivity index (χ2n) is 4.45. The normalized spacial score (nSPS) is 10.9. The molecule has 0 bridgehead atoms. The number of halogens is 1. The van der Waals surface area contributed by atoms with Crippen molar-refractivity contribution in [2.75, 3.05) is 0 Å². The minimum Gasteiger partial charge on any atom is -0.361 e. The van der Waals surface area contributed by atoms with E-state index in [0.717, 1.165) is 27.1 Å². The Balaban J connectivity index is 1.85. The predicted octanol–water partition coefficient (Wildman–Crippen LogP) is 2.76. The molecule has 0 N–H and O–H groups in total. The average molecular weight is 334 g/mol. The Morgan fingerprint density at radius 2 is 1.95 bits per heavy atom. The van der Waals surface area contributed by atoms with Gasteiger partial charge >= 0.3 is 0 Å². The molecule has 0 amide bonds. The van der Waals surface area contributed by atoms with Crippen LogP contribution >= 0.6 is 15.9 Å². The van der Waals surface area contributed by atoms with Crippen LogP contribution in [-0.2, 0) is 6.54 Å². The molecule has 3 aromatic rings. The smallest absolute Gasteiger partial charge is 0.204 e. The molecule has 0 radical (unpaired) electrons. The molecule has 0 unspecified atom stereocenters. The van der Waals surface area contributed by atoms with E-state index in [1.165, 1.54) is 0 Å². The third kappa shape index (κ3) is 2.49. The SMILES string of the molecule is Cc1noc(C)c1Cn1nnc(-c2ccc(Br)cc2)n1. The maximum absolute atomic E-state index is 5.13. The summed E-state index contributed by atoms with van der Waals surface area (Å²) in [6, 6.07) is 7.79. The zero-order chi connectivity index (χ0) is 14.1. The number of tetrazole rings is 1. The van der Waals surface area contributed by atoms with Crippen molar-refractivity contribution in [2.24, 2.45) is 0 Å². The Bertz CT molecular complexity index is 712. The van der Waals surface area contributed by atoms with Crippen LogP contribution in [0.25, 0.3) is 11.4 Å². The van der Waals surface area contributed by atoms with Crippen molar-refractivity contribution >= 4 is 15.9 Å². The quantitative estimate of drug-likeness (QED) is 0.737. The van der Waals surface area contributed by atoms with Crippen LogP contribution in [0, 0.1) is 13.8 Å². The van der Waals surface area contributed by atoms with Gasteiger partial charge in [-0.1, -0.05) is 21.1 Å². The van der Waals surface area contributed by atoms with Gasteiger partial charge in [-0.25, -0.2) is 0 Å². The van der Waals surface area contributed by atoms with Crippen molar-refractivity contribution < 1.29 is 4.52 Å². The van der Waals surface area contributed by atoms with E-state index in [-0.39, 0.29) is 0 Å². The highest BCUT2D eigenvalue weighted by Gasteiger charge is 2.12. The van der Waals surface area contributed by atoms with Crippen molar-refractivity contribution in [3.63, 3.8) is 0 Å². The van der Waals surface area contributed by atoms with E-state index in [9.17, 15) is 0 Å². The summed E-state index contributed by atoms with van der Waals surface area (Å²) in [6.45, 7) is 4.28. The first kappa shape index (κ1) is 13.0. The zero-order valence-electron chi connectivity index (χ0n) is 11.0. The van der Waals surface area contributed by atoms with Crippen LogP contribution in [0.3, 0.4) is 0 Å². The van der Waals surface area contributed by atoms with Gasteiger partial charge in [-0.2, -0.15) is 4.80 Å². The molecule has 20 heavy (non-hydrogen) atoms. The van der Waals surface area contributed by atoms with Crippen LogP contribution in [-0.4, -0.2) is 25.4 Å². The van der Waals surface area contributed by atoms with Gasteiger partial charge < -0.3 is 4.52 Å². The average Bonchev–Trinajstić information content (AvgIpc) is 3.02. The number of aryl methyl sites for hydroxylation is 2. The Morgan fingerprint density at radius 1 is 1.20 bits per heavy atom. The third-order valence-electron chi connectivity index (χ3n) is 3.04. The lowest BCUT2D eigenvalue weighted by molar-refractivity contribution is 0.391. The van der Waals surface area contributed by atoms with E-state index in [1.54, 1.807) is 4.80 Å². The summed E-state index contributed by atoms with van der Waals surface area (Å²) in [7, 11) is 0. The monoisotopic (exact) mass is 333 g/mol. The van der Waals surface area contributed by atoms with E-state index in [4.69, 9.17) is 4.52 Å². The maximum Gasteiger partial charge on any atom is 0.204 e. The van der Waals surface area contributed by atoms with Gasteiger partial charge in [0, 0.05) is 15.6 Å². The van der Waals surface area contributed by atoms with E-state index in [0.29, 0.717) is 12.4 Å². The van der Waals surface area contributed by atoms with Gasteiger partial charge in [0.15, 0.2) is 0 Å². The minimum absolute atomic E-state index is 0.505. The summed E-state index contributed by atoms with van der Waals surface area (Å²) < 4.78 is 6.15. The topological polar surface area (TPSA) is 69.6 Å². The van der Waals surface area contributed by atoms with Gasteiger partial charge in [-0.15, -0.1) is 10.2 Å². The number of hydrogen-bond donors (Lipinski definition) is 0. The fourth-order valence-electron chi connectivity index (χ4n) is 1.89. The lowest BCUT2D eigenvalue weighted by atomic mass is 10.2. The first-order valence-electron chi connectivity index (χ1n) is 6.09. The molecule has 0 aliphatic heterocycles. The summed E-state index contributed by atoms with van der Waals surface area (Å²) in [4.78, 5) is 1.55. The molecule has 6 nitrogen and oxygen atoms in total. The van der Waals surface area contributed by atoms with E-state index >= 15 is 0 Å². The Kier molecular flexibility index (Phi) is 3.35. The molecule has 0 aliphatic rings. The molecule has 0 atom stereocenters. The highest BCUT2D eigenvalue weighted by atomic mass is 79.9. The summed E-state index contributed by atoms with van der Waals surface area (Å²) in [6.07, 6.45) is 0. The lowest BCUT2D eigenvalue weighted by Gasteiger charge is -1.97. The molecular formula is C13H12BrN5O. The van der Waals surface area contributed by atoms with Crippen molar-refractivity contribution in [1.82, 2.24) is 25.4 Å². The van der Waals surface area contributed by atoms with E-state index < -0.39 is 0 Å². The number of benzene rings is 1. The molecule has 0 aliphatic carbocycles. The molecule has 0 saturated carbocycles. The summed E-state index contributed by atoms with van der Waals surface area (Å²) in [5.41, 5.74) is 2.77. The van der Waals surface area contributed by atoms with Gasteiger partial charge in [0.25, 0.3) is 0 Å². The zero-order valence-corrected chi connectivity index (χ0v) is 12.6. The number of hydrogen-bond acceptors (Lipinski definition) is 5. The first-order chi connectivity index (χ1) is 9.63. The van der Waals surface area contributed by atoms with E-state index in [2.05, 4.69) is 36.5 Å². The second-order valence-corrected chi connectivity index (χ2v) is 5.37. The Morgan fingerprint density at radius 3 is 2.60 bits per heavy atom. The highest BCUT2D eigenvalue weighted by Crippen LogP contribution is 2.18. The predicted molar refractivity (Wildman–Crippen MR) is 76.0 cm³/mol. The molecule has 0 saturated heterocycles. The lowest BCUT2D eigenvalue weighted by Crippen LogP contribution is -2.05. The van der Waals surface area contributed by atoms with Gasteiger partial charge in [0.1, 0.15) is 5.76 Å². The Hall–Kier alpha value is -2.02. The van der Waals surface area contributed by atoms with Crippen molar-refractivity contribution in [3.8, 4) is 11.4 Å². The maximum atomic E-state index is 5.13. The van der Waals surface area contributed by atoms with Crippen molar-refractivity contribution in [3.05, 3.63) is 45.8 Å². The first-order valence-corrected chi connectivity index (χ1v) is 6.88. The molecule has 1 aromatic carbocycles. The van der Waals surface area contributed by atoms with Crippen molar-refractivity contribution in [2.45, 2.75) is 20.4 Å². The van der Waals surface area contributed by atoms with Crippen LogP contribution < -0.4 is 0 Å². The van der Waals surface area contributed by atoms with Crippen LogP contribution in [0.2, 0.25) is 0 Å². The van der Waals surface area contributed by atoms with Crippen LogP contribution in [0.1, 0.15) is 17.0 Å². The largest absolute Gasteiger partial charge is 0.361 e. The van der Waals surface area contributed by atoms with Gasteiger partial charge in [-0.05, 0) is 43.3 Å². The third-order valence-corrected chi connectivity index (χ3v) is 3.56. The number of nitrogens with zero attached hydrogens (tertiary/aromatic N) is 5. The Labute approximate surface area is 123 Å². The summed E-state index contributed by atoms with van der Waals surface area (Å²) in [5, 5.41) is 16.4. The number of aromatic nitrogens is 5. The molecule has 2 heterocycles.